The number of methoxy groups -OCH3 is 1. The molecule has 0 aliphatic carbocycles. The molecule has 230 valence electrons. The van der Waals surface area contributed by atoms with Crippen LogP contribution in [0.2, 0.25) is 58.9 Å². The molecule has 1 fully saturated rings. The number of unbranched alkanes of at least 4 members (excludes halogenated alkanes) is 5. The van der Waals surface area contributed by atoms with E-state index < -0.39 is 25.0 Å². The maximum absolute atomic E-state index is 11.4. The molecule has 0 radical (unpaired) electrons. The minimum absolute atomic E-state index is 0.0271. The van der Waals surface area contributed by atoms with Gasteiger partial charge in [0, 0.05) is 12.8 Å². The minimum Gasteiger partial charge on any atom is -0.469 e. The first-order valence-electron chi connectivity index (χ1n) is 15.5. The van der Waals surface area contributed by atoms with Crippen molar-refractivity contribution < 1.29 is 27.5 Å². The first kappa shape index (κ1) is 36.7. The molecule has 0 bridgehead atoms. The third-order valence-corrected chi connectivity index (χ3v) is 9.58. The monoisotopic (exact) mass is 602 g/mol. The Balaban J connectivity index is 2.96. The van der Waals surface area contributed by atoms with Gasteiger partial charge in [-0.25, -0.2) is 0 Å². The molecule has 0 aromatic heterocycles. The molecule has 1 saturated heterocycles. The van der Waals surface area contributed by atoms with Crippen molar-refractivity contribution in [2.24, 2.45) is 0 Å². The van der Waals surface area contributed by atoms with E-state index in [1.54, 1.807) is 0 Å². The highest BCUT2D eigenvalue weighted by Crippen LogP contribution is 2.33. The van der Waals surface area contributed by atoms with E-state index in [-0.39, 0.29) is 36.5 Å². The summed E-state index contributed by atoms with van der Waals surface area (Å²) in [6.45, 7) is 22.6. The van der Waals surface area contributed by atoms with E-state index in [1.165, 1.54) is 26.4 Å². The molecule has 0 amide bonds. The summed E-state index contributed by atoms with van der Waals surface area (Å²) in [4.78, 5) is 11.4. The molecule has 0 aromatic carbocycles. The molecule has 6 nitrogen and oxygen atoms in total. The van der Waals surface area contributed by atoms with Crippen molar-refractivity contribution in [2.45, 2.75) is 167 Å². The van der Waals surface area contributed by atoms with Crippen LogP contribution in [-0.2, 0) is 27.5 Å². The van der Waals surface area contributed by atoms with Gasteiger partial charge < -0.3 is 22.8 Å². The van der Waals surface area contributed by atoms with Gasteiger partial charge in [-0.05, 0) is 78.2 Å². The highest BCUT2D eigenvalue weighted by atomic mass is 28.4. The SMILES string of the molecule is CCCCCC(/C=C/C1OC(C(CCCCCCC(=O)OC)O[Si](C)(C)C)CC1O[Si](C)(C)C)O[Si](C)(C)C. The van der Waals surface area contributed by atoms with Crippen molar-refractivity contribution in [3.63, 3.8) is 0 Å². The first-order valence-corrected chi connectivity index (χ1v) is 25.7. The Bertz CT molecular complexity index is 711. The van der Waals surface area contributed by atoms with Gasteiger partial charge in [0.05, 0.1) is 31.5 Å². The zero-order valence-corrected chi connectivity index (χ0v) is 30.3. The van der Waals surface area contributed by atoms with Crippen LogP contribution in [0.15, 0.2) is 12.2 Å². The summed E-state index contributed by atoms with van der Waals surface area (Å²) < 4.78 is 31.5. The van der Waals surface area contributed by atoms with E-state index >= 15 is 0 Å². The average Bonchev–Trinajstić information content (AvgIpc) is 3.17. The molecule has 0 spiro atoms. The summed E-state index contributed by atoms with van der Waals surface area (Å²) in [5, 5.41) is 0. The Labute approximate surface area is 244 Å². The second-order valence-corrected chi connectivity index (χ2v) is 27.5. The van der Waals surface area contributed by atoms with Crippen LogP contribution in [0.5, 0.6) is 0 Å². The molecule has 39 heavy (non-hydrogen) atoms. The number of esters is 1. The number of ether oxygens (including phenoxy) is 2. The van der Waals surface area contributed by atoms with Gasteiger partial charge in [-0.3, -0.25) is 4.79 Å². The molecule has 1 aliphatic rings. The topological polar surface area (TPSA) is 63.2 Å². The lowest BCUT2D eigenvalue weighted by Gasteiger charge is -2.30. The molecule has 5 atom stereocenters. The predicted molar refractivity (Wildman–Crippen MR) is 171 cm³/mol. The normalized spacial score (nSPS) is 22.4. The van der Waals surface area contributed by atoms with E-state index in [9.17, 15) is 4.79 Å². The van der Waals surface area contributed by atoms with Gasteiger partial charge in [0.2, 0.25) is 0 Å². The van der Waals surface area contributed by atoms with Crippen molar-refractivity contribution in [3.05, 3.63) is 12.2 Å². The Morgan fingerprint density at radius 1 is 0.846 bits per heavy atom. The number of hydrogen-bond donors (Lipinski definition) is 0. The third kappa shape index (κ3) is 18.0. The lowest BCUT2D eigenvalue weighted by molar-refractivity contribution is -0.140. The summed E-state index contributed by atoms with van der Waals surface area (Å²) in [7, 11) is -3.73. The molecule has 1 heterocycles. The van der Waals surface area contributed by atoms with Gasteiger partial charge in [0.25, 0.3) is 0 Å². The van der Waals surface area contributed by atoms with Crippen LogP contribution in [-0.4, -0.2) is 68.6 Å². The molecular weight excluding hydrogens is 541 g/mol. The van der Waals surface area contributed by atoms with Crippen molar-refractivity contribution in [1.82, 2.24) is 0 Å². The van der Waals surface area contributed by atoms with E-state index in [0.717, 1.165) is 44.9 Å². The first-order chi connectivity index (χ1) is 18.0. The quantitative estimate of drug-likeness (QED) is 0.0603. The number of carbonyl (C=O) groups excluding carboxylic acids is 1. The molecule has 0 N–H and O–H groups in total. The van der Waals surface area contributed by atoms with Crippen LogP contribution >= 0.6 is 0 Å². The Morgan fingerprint density at radius 3 is 2.03 bits per heavy atom. The fourth-order valence-corrected chi connectivity index (χ4v) is 8.43. The van der Waals surface area contributed by atoms with Crippen LogP contribution in [0.4, 0.5) is 0 Å². The highest BCUT2D eigenvalue weighted by Gasteiger charge is 2.42. The zero-order valence-electron chi connectivity index (χ0n) is 27.3. The molecule has 1 rings (SSSR count). The van der Waals surface area contributed by atoms with Crippen LogP contribution in [0, 0.1) is 0 Å². The number of carbonyl (C=O) groups is 1. The minimum atomic E-state index is -1.76. The summed E-state index contributed by atoms with van der Waals surface area (Å²) in [5.41, 5.74) is 0. The van der Waals surface area contributed by atoms with Crippen molar-refractivity contribution in [3.8, 4) is 0 Å². The fraction of sp³-hybridized carbons (Fsp3) is 0.900. The summed E-state index contributed by atoms with van der Waals surface area (Å²) in [6.07, 6.45) is 15.8. The van der Waals surface area contributed by atoms with E-state index in [0.29, 0.717) is 6.42 Å². The maximum atomic E-state index is 11.4. The van der Waals surface area contributed by atoms with Gasteiger partial charge in [0.1, 0.15) is 6.10 Å². The van der Waals surface area contributed by atoms with Crippen molar-refractivity contribution in [2.75, 3.05) is 7.11 Å². The van der Waals surface area contributed by atoms with Crippen LogP contribution in [0.3, 0.4) is 0 Å². The molecule has 0 saturated carbocycles. The second kappa shape index (κ2) is 17.6. The Morgan fingerprint density at radius 2 is 1.46 bits per heavy atom. The number of rotatable bonds is 20. The van der Waals surface area contributed by atoms with Gasteiger partial charge in [-0.15, -0.1) is 0 Å². The van der Waals surface area contributed by atoms with E-state index in [4.69, 9.17) is 22.8 Å². The smallest absolute Gasteiger partial charge is 0.305 e. The van der Waals surface area contributed by atoms with Gasteiger partial charge in [-0.2, -0.15) is 0 Å². The second-order valence-electron chi connectivity index (χ2n) is 14.1. The van der Waals surface area contributed by atoms with E-state index in [1.807, 2.05) is 0 Å². The van der Waals surface area contributed by atoms with Crippen molar-refractivity contribution in [1.29, 1.82) is 0 Å². The number of hydrogen-bond acceptors (Lipinski definition) is 6. The van der Waals surface area contributed by atoms with Crippen LogP contribution in [0.1, 0.15) is 77.6 Å². The highest BCUT2D eigenvalue weighted by molar-refractivity contribution is 6.70. The molecule has 5 unspecified atom stereocenters. The summed E-state index contributed by atoms with van der Waals surface area (Å²) >= 11 is 0. The van der Waals surface area contributed by atoms with Gasteiger partial charge >= 0.3 is 5.97 Å². The third-order valence-electron chi connectivity index (χ3n) is 6.55. The van der Waals surface area contributed by atoms with E-state index in [2.05, 4.69) is 78.0 Å². The fourth-order valence-electron chi connectivity index (χ4n) is 5.01. The molecule has 9 heteroatoms. The molecular formula is C30H62O6Si3. The van der Waals surface area contributed by atoms with Gasteiger partial charge in [0.15, 0.2) is 25.0 Å². The predicted octanol–water partition coefficient (Wildman–Crippen LogP) is 8.45. The summed E-state index contributed by atoms with van der Waals surface area (Å²) in [5.74, 6) is -0.121. The Hall–Kier alpha value is -0.299. The van der Waals surface area contributed by atoms with Crippen molar-refractivity contribution >= 4 is 30.9 Å². The molecule has 1 aliphatic heterocycles. The van der Waals surface area contributed by atoms with Crippen LogP contribution < -0.4 is 0 Å². The lowest BCUT2D eigenvalue weighted by atomic mass is 10.0. The standard InChI is InChI=1S/C30H62O6Si3/c1-12-13-16-19-25(34-37(3,4)5)22-23-26-29(36-39(9,10)11)24-28(33-26)27(35-38(6,7)8)20-17-14-15-18-21-30(31)32-2/h22-23,25-29H,12-21,24H2,1-11H3/b23-22+. The van der Waals surface area contributed by atoms with Gasteiger partial charge in [-0.1, -0.05) is 57.6 Å². The Kier molecular flexibility index (Phi) is 16.6. The largest absolute Gasteiger partial charge is 0.469 e. The maximum Gasteiger partial charge on any atom is 0.305 e. The average molecular weight is 603 g/mol. The zero-order chi connectivity index (χ0) is 29.7. The lowest BCUT2D eigenvalue weighted by Crippen LogP contribution is -2.39. The summed E-state index contributed by atoms with van der Waals surface area (Å²) in [6, 6.07) is 0. The molecule has 0 aromatic rings. The van der Waals surface area contributed by atoms with Crippen LogP contribution in [0.25, 0.3) is 0 Å².